The molecule has 8 nitrogen and oxygen atoms in total. The monoisotopic (exact) mass is 530 g/mol. The Hall–Kier alpha value is -3.67. The lowest BCUT2D eigenvalue weighted by atomic mass is 10.1. The van der Waals surface area contributed by atoms with Crippen molar-refractivity contribution in [2.75, 3.05) is 19.8 Å². The number of hydrogen-bond donors (Lipinski definition) is 1. The lowest BCUT2D eigenvalue weighted by molar-refractivity contribution is -0.130. The van der Waals surface area contributed by atoms with Gasteiger partial charge >= 0.3 is 6.03 Å². The van der Waals surface area contributed by atoms with Gasteiger partial charge in [0.2, 0.25) is 0 Å². The minimum absolute atomic E-state index is 0.0948. The molecule has 2 aromatic carbocycles. The van der Waals surface area contributed by atoms with Gasteiger partial charge in [0.15, 0.2) is 11.5 Å². The third-order valence-corrected chi connectivity index (χ3v) is 5.43. The lowest BCUT2D eigenvalue weighted by Gasteiger charge is -2.27. The van der Waals surface area contributed by atoms with Crippen LogP contribution in [-0.4, -0.2) is 42.6 Å². The van der Waals surface area contributed by atoms with Crippen molar-refractivity contribution < 1.29 is 28.6 Å². The zero-order chi connectivity index (χ0) is 26.2. The first-order valence-electron chi connectivity index (χ1n) is 11.1. The van der Waals surface area contributed by atoms with Crippen molar-refractivity contribution >= 4 is 47.1 Å². The zero-order valence-corrected chi connectivity index (χ0v) is 21.2. The highest BCUT2D eigenvalue weighted by Crippen LogP contribution is 2.35. The minimum atomic E-state index is -0.862. The average molecular weight is 531 g/mol. The number of nitrogens with zero attached hydrogens (tertiary/aromatic N) is 1. The van der Waals surface area contributed by atoms with Gasteiger partial charge in [-0.15, -0.1) is 6.42 Å². The van der Waals surface area contributed by atoms with E-state index in [9.17, 15) is 14.4 Å². The van der Waals surface area contributed by atoms with E-state index in [1.165, 1.54) is 18.2 Å². The molecule has 0 atom stereocenters. The van der Waals surface area contributed by atoms with Gasteiger partial charge in [-0.1, -0.05) is 42.1 Å². The zero-order valence-electron chi connectivity index (χ0n) is 19.7. The van der Waals surface area contributed by atoms with Gasteiger partial charge in [-0.25, -0.2) is 4.79 Å². The SMILES string of the molecule is C#CCOc1c(Cl)cc(Cl)cc1/C=C1\C(=O)NC(=O)N(Cc2ccc(OCCC)c(OCC)c2)C1=O. The number of ether oxygens (including phenoxy) is 3. The van der Waals surface area contributed by atoms with Crippen LogP contribution in [0.5, 0.6) is 17.2 Å². The molecule has 1 aliphatic heterocycles. The molecule has 4 amide bonds. The number of carbonyl (C=O) groups excluding carboxylic acids is 3. The van der Waals surface area contributed by atoms with Crippen molar-refractivity contribution in [1.29, 1.82) is 0 Å². The highest BCUT2D eigenvalue weighted by molar-refractivity contribution is 6.36. The molecular formula is C26H24Cl2N2O6. The van der Waals surface area contributed by atoms with E-state index in [1.54, 1.807) is 18.2 Å². The fourth-order valence-electron chi connectivity index (χ4n) is 3.38. The Morgan fingerprint density at radius 2 is 1.83 bits per heavy atom. The predicted molar refractivity (Wildman–Crippen MR) is 136 cm³/mol. The van der Waals surface area contributed by atoms with Crippen molar-refractivity contribution in [3.05, 3.63) is 57.1 Å². The van der Waals surface area contributed by atoms with Crippen LogP contribution in [0.15, 0.2) is 35.9 Å². The van der Waals surface area contributed by atoms with Crippen LogP contribution in [0.3, 0.4) is 0 Å². The molecule has 10 heteroatoms. The van der Waals surface area contributed by atoms with Gasteiger partial charge in [0.05, 0.1) is 24.8 Å². The second-order valence-corrected chi connectivity index (χ2v) is 8.41. The molecule has 2 aromatic rings. The van der Waals surface area contributed by atoms with Crippen LogP contribution in [0.4, 0.5) is 4.79 Å². The standard InChI is InChI=1S/C26H24Cl2N2O6/c1-4-9-35-21-8-7-16(11-22(21)34-6-3)15-30-25(32)19(24(31)29-26(30)33)13-17-12-18(27)14-20(28)23(17)36-10-5-2/h2,7-8,11-14H,4,6,9-10,15H2,1,3H3,(H,29,31,33)/b19-13+. The number of benzene rings is 2. The fourth-order valence-corrected chi connectivity index (χ4v) is 3.94. The van der Waals surface area contributed by atoms with E-state index in [1.807, 2.05) is 13.8 Å². The van der Waals surface area contributed by atoms with Crippen LogP contribution in [0.1, 0.15) is 31.4 Å². The summed E-state index contributed by atoms with van der Waals surface area (Å²) in [5.74, 6) is 1.86. The quantitative estimate of drug-likeness (QED) is 0.268. The topological polar surface area (TPSA) is 94.2 Å². The predicted octanol–water partition coefficient (Wildman–Crippen LogP) is 4.85. The first kappa shape index (κ1) is 26.9. The molecule has 1 fully saturated rings. The molecule has 0 spiro atoms. The van der Waals surface area contributed by atoms with Gasteiger partial charge in [0.25, 0.3) is 11.8 Å². The molecule has 0 saturated carbocycles. The number of nitrogens with one attached hydrogen (secondary N) is 1. The molecule has 1 saturated heterocycles. The van der Waals surface area contributed by atoms with Crippen LogP contribution in [0, 0.1) is 12.3 Å². The van der Waals surface area contributed by atoms with Crippen molar-refractivity contribution in [2.45, 2.75) is 26.8 Å². The number of hydrogen-bond acceptors (Lipinski definition) is 6. The molecule has 36 heavy (non-hydrogen) atoms. The van der Waals surface area contributed by atoms with E-state index in [4.69, 9.17) is 43.8 Å². The van der Waals surface area contributed by atoms with Crippen molar-refractivity contribution in [1.82, 2.24) is 10.2 Å². The van der Waals surface area contributed by atoms with E-state index in [2.05, 4.69) is 11.2 Å². The van der Waals surface area contributed by atoms with Crippen molar-refractivity contribution in [2.24, 2.45) is 0 Å². The molecule has 0 unspecified atom stereocenters. The van der Waals surface area contributed by atoms with Crippen LogP contribution >= 0.6 is 23.2 Å². The second kappa shape index (κ2) is 12.3. The molecule has 1 N–H and O–H groups in total. The summed E-state index contributed by atoms with van der Waals surface area (Å²) in [6, 6.07) is 7.19. The first-order chi connectivity index (χ1) is 17.3. The number of imide groups is 2. The molecule has 3 rings (SSSR count). The van der Waals surface area contributed by atoms with Gasteiger partial charge in [-0.2, -0.15) is 0 Å². The molecule has 0 bridgehead atoms. The van der Waals surface area contributed by atoms with E-state index in [-0.39, 0.29) is 40.1 Å². The van der Waals surface area contributed by atoms with Crippen LogP contribution in [0.2, 0.25) is 10.0 Å². The molecule has 188 valence electrons. The Morgan fingerprint density at radius 1 is 1.06 bits per heavy atom. The number of carbonyl (C=O) groups is 3. The van der Waals surface area contributed by atoms with Gasteiger partial charge in [-0.3, -0.25) is 19.8 Å². The number of halogens is 2. The third kappa shape index (κ3) is 6.30. The molecule has 0 aromatic heterocycles. The van der Waals surface area contributed by atoms with Gasteiger partial charge < -0.3 is 14.2 Å². The number of barbiturate groups is 1. The smallest absolute Gasteiger partial charge is 0.331 e. The summed E-state index contributed by atoms with van der Waals surface area (Å²) >= 11 is 12.3. The minimum Gasteiger partial charge on any atom is -0.490 e. The van der Waals surface area contributed by atoms with Crippen LogP contribution < -0.4 is 19.5 Å². The van der Waals surface area contributed by atoms with Gasteiger partial charge in [-0.05, 0) is 49.2 Å². The summed E-state index contributed by atoms with van der Waals surface area (Å²) in [6.07, 6.45) is 7.35. The molecule has 0 radical (unpaired) electrons. The van der Waals surface area contributed by atoms with E-state index < -0.39 is 17.8 Å². The molecule has 0 aliphatic carbocycles. The summed E-state index contributed by atoms with van der Waals surface area (Å²) < 4.78 is 16.8. The highest BCUT2D eigenvalue weighted by atomic mass is 35.5. The first-order valence-corrected chi connectivity index (χ1v) is 11.9. The highest BCUT2D eigenvalue weighted by Gasteiger charge is 2.36. The van der Waals surface area contributed by atoms with Crippen LogP contribution in [-0.2, 0) is 16.1 Å². The Bertz CT molecular complexity index is 1250. The lowest BCUT2D eigenvalue weighted by Crippen LogP contribution is -2.53. The van der Waals surface area contributed by atoms with Gasteiger partial charge in [0, 0.05) is 10.6 Å². The Labute approximate surface area is 219 Å². The Balaban J connectivity index is 1.94. The third-order valence-electron chi connectivity index (χ3n) is 4.93. The van der Waals surface area contributed by atoms with Gasteiger partial charge in [0.1, 0.15) is 17.9 Å². The Kier molecular flexibility index (Phi) is 9.23. The second-order valence-electron chi connectivity index (χ2n) is 7.57. The number of amides is 4. The summed E-state index contributed by atoms with van der Waals surface area (Å²) in [4.78, 5) is 39.3. The molecule has 1 aliphatic rings. The number of rotatable bonds is 10. The summed E-state index contributed by atoms with van der Waals surface area (Å²) in [5, 5.41) is 2.59. The largest absolute Gasteiger partial charge is 0.490 e. The van der Waals surface area contributed by atoms with E-state index >= 15 is 0 Å². The maximum Gasteiger partial charge on any atom is 0.331 e. The number of terminal acetylenes is 1. The summed E-state index contributed by atoms with van der Waals surface area (Å²) in [7, 11) is 0. The summed E-state index contributed by atoms with van der Waals surface area (Å²) in [6.45, 7) is 4.54. The average Bonchev–Trinajstić information content (AvgIpc) is 2.83. The van der Waals surface area contributed by atoms with E-state index in [0.717, 1.165) is 11.3 Å². The van der Waals surface area contributed by atoms with E-state index in [0.29, 0.717) is 30.3 Å². The summed E-state index contributed by atoms with van der Waals surface area (Å²) in [5.41, 5.74) is 0.557. The maximum absolute atomic E-state index is 13.3. The number of urea groups is 1. The molecular weight excluding hydrogens is 507 g/mol. The fraction of sp³-hybridized carbons (Fsp3) is 0.269. The van der Waals surface area contributed by atoms with Crippen molar-refractivity contribution in [3.8, 4) is 29.6 Å². The Morgan fingerprint density at radius 3 is 2.53 bits per heavy atom. The molecule has 1 heterocycles. The van der Waals surface area contributed by atoms with Crippen molar-refractivity contribution in [3.63, 3.8) is 0 Å². The normalized spacial score (nSPS) is 14.5. The van der Waals surface area contributed by atoms with Crippen LogP contribution in [0.25, 0.3) is 6.08 Å². The maximum atomic E-state index is 13.3.